The predicted octanol–water partition coefficient (Wildman–Crippen LogP) is 1.64. The third kappa shape index (κ3) is 2.02. The molecule has 0 amide bonds. The molecular formula is C12H17NO2. The second kappa shape index (κ2) is 4.45. The number of esters is 1. The van der Waals surface area contributed by atoms with Gasteiger partial charge in [-0.25, -0.2) is 4.79 Å². The van der Waals surface area contributed by atoms with Gasteiger partial charge in [0.05, 0.1) is 7.11 Å². The minimum absolute atomic E-state index is 0.251. The fourth-order valence-electron chi connectivity index (χ4n) is 1.52. The molecule has 82 valence electrons. The van der Waals surface area contributed by atoms with Gasteiger partial charge in [0, 0.05) is 0 Å². The summed E-state index contributed by atoms with van der Waals surface area (Å²) in [6.45, 7) is 1.86. The van der Waals surface area contributed by atoms with Crippen molar-refractivity contribution in [3.05, 3.63) is 35.9 Å². The predicted molar refractivity (Wildman–Crippen MR) is 59.5 cm³/mol. The van der Waals surface area contributed by atoms with Crippen LogP contribution in [-0.4, -0.2) is 32.1 Å². The van der Waals surface area contributed by atoms with E-state index >= 15 is 0 Å². The molecule has 0 spiro atoms. The van der Waals surface area contributed by atoms with Gasteiger partial charge < -0.3 is 4.74 Å². The zero-order valence-electron chi connectivity index (χ0n) is 9.65. The van der Waals surface area contributed by atoms with E-state index in [-0.39, 0.29) is 5.97 Å². The van der Waals surface area contributed by atoms with Gasteiger partial charge >= 0.3 is 5.97 Å². The molecule has 15 heavy (non-hydrogen) atoms. The van der Waals surface area contributed by atoms with Gasteiger partial charge in [-0.15, -0.1) is 0 Å². The van der Waals surface area contributed by atoms with Gasteiger partial charge in [-0.1, -0.05) is 30.3 Å². The number of ether oxygens (including phenoxy) is 1. The van der Waals surface area contributed by atoms with Gasteiger partial charge in [0.25, 0.3) is 0 Å². The van der Waals surface area contributed by atoms with Crippen LogP contribution in [0.1, 0.15) is 12.5 Å². The molecule has 0 N–H and O–H groups in total. The Labute approximate surface area is 90.7 Å². The zero-order valence-corrected chi connectivity index (χ0v) is 9.65. The van der Waals surface area contributed by atoms with Crippen molar-refractivity contribution in [2.24, 2.45) is 0 Å². The minimum Gasteiger partial charge on any atom is -0.467 e. The Hall–Kier alpha value is -1.35. The molecule has 1 aromatic carbocycles. The van der Waals surface area contributed by atoms with Crippen LogP contribution in [0.3, 0.4) is 0 Å². The number of hydrogen-bond acceptors (Lipinski definition) is 3. The maximum atomic E-state index is 11.8. The summed E-state index contributed by atoms with van der Waals surface area (Å²) >= 11 is 0. The van der Waals surface area contributed by atoms with Crippen LogP contribution in [-0.2, 0) is 15.1 Å². The summed E-state index contributed by atoms with van der Waals surface area (Å²) in [6, 6.07) is 9.62. The largest absolute Gasteiger partial charge is 0.467 e. The first-order chi connectivity index (χ1) is 7.03. The van der Waals surface area contributed by atoms with E-state index in [4.69, 9.17) is 4.74 Å². The maximum absolute atomic E-state index is 11.8. The van der Waals surface area contributed by atoms with Crippen LogP contribution in [0.25, 0.3) is 0 Å². The summed E-state index contributed by atoms with van der Waals surface area (Å²) < 4.78 is 4.85. The maximum Gasteiger partial charge on any atom is 0.330 e. The van der Waals surface area contributed by atoms with Crippen molar-refractivity contribution >= 4 is 5.97 Å². The van der Waals surface area contributed by atoms with Crippen molar-refractivity contribution in [2.75, 3.05) is 21.2 Å². The summed E-state index contributed by atoms with van der Waals surface area (Å²) in [4.78, 5) is 13.7. The van der Waals surface area contributed by atoms with Crippen molar-refractivity contribution in [1.82, 2.24) is 4.90 Å². The number of hydrogen-bond donors (Lipinski definition) is 0. The first kappa shape index (κ1) is 11.7. The summed E-state index contributed by atoms with van der Waals surface area (Å²) in [5.74, 6) is -0.251. The highest BCUT2D eigenvalue weighted by atomic mass is 16.5. The summed E-state index contributed by atoms with van der Waals surface area (Å²) in [5, 5.41) is 0. The SMILES string of the molecule is COC(=O)[C@@](C)(c1ccccc1)N(C)C. The Morgan fingerprint density at radius 3 is 2.20 bits per heavy atom. The van der Waals surface area contributed by atoms with Gasteiger partial charge in [-0.05, 0) is 26.6 Å². The highest BCUT2D eigenvalue weighted by Gasteiger charge is 2.38. The molecule has 1 atom stereocenters. The quantitative estimate of drug-likeness (QED) is 0.706. The van der Waals surface area contributed by atoms with E-state index in [1.165, 1.54) is 7.11 Å². The first-order valence-electron chi connectivity index (χ1n) is 4.85. The molecule has 1 aromatic rings. The molecule has 3 nitrogen and oxygen atoms in total. The topological polar surface area (TPSA) is 29.5 Å². The molecule has 0 heterocycles. The fraction of sp³-hybridized carbons (Fsp3) is 0.417. The Bertz CT molecular complexity index is 335. The highest BCUT2D eigenvalue weighted by molar-refractivity contribution is 5.82. The number of rotatable bonds is 3. The lowest BCUT2D eigenvalue weighted by Gasteiger charge is -2.33. The molecule has 0 unspecified atom stereocenters. The van der Waals surface area contributed by atoms with E-state index in [9.17, 15) is 4.79 Å². The van der Waals surface area contributed by atoms with E-state index in [0.29, 0.717) is 0 Å². The molecule has 3 heteroatoms. The Kier molecular flexibility index (Phi) is 3.48. The molecule has 0 bridgehead atoms. The smallest absolute Gasteiger partial charge is 0.330 e. The van der Waals surface area contributed by atoms with Crippen LogP contribution >= 0.6 is 0 Å². The Morgan fingerprint density at radius 2 is 1.80 bits per heavy atom. The van der Waals surface area contributed by atoms with Crippen LogP contribution in [0.4, 0.5) is 0 Å². The van der Waals surface area contributed by atoms with E-state index in [2.05, 4.69) is 0 Å². The average Bonchev–Trinajstić information content (AvgIpc) is 2.27. The van der Waals surface area contributed by atoms with Crippen molar-refractivity contribution in [1.29, 1.82) is 0 Å². The standard InChI is InChI=1S/C12H17NO2/c1-12(13(2)3,11(14)15-4)10-8-6-5-7-9-10/h5-9H,1-4H3/t12-/m1/s1. The zero-order chi connectivity index (χ0) is 11.5. The Morgan fingerprint density at radius 1 is 1.27 bits per heavy atom. The molecule has 1 rings (SSSR count). The summed E-state index contributed by atoms with van der Waals surface area (Å²) in [6.07, 6.45) is 0. The number of methoxy groups -OCH3 is 1. The molecular weight excluding hydrogens is 190 g/mol. The highest BCUT2D eigenvalue weighted by Crippen LogP contribution is 2.27. The van der Waals surface area contributed by atoms with E-state index in [1.807, 2.05) is 56.3 Å². The normalized spacial score (nSPS) is 14.7. The van der Waals surface area contributed by atoms with Crippen molar-refractivity contribution < 1.29 is 9.53 Å². The first-order valence-corrected chi connectivity index (χ1v) is 4.85. The molecule has 0 aliphatic carbocycles. The van der Waals surface area contributed by atoms with Crippen molar-refractivity contribution in [3.63, 3.8) is 0 Å². The van der Waals surface area contributed by atoms with Crippen LogP contribution in [0.5, 0.6) is 0 Å². The van der Waals surface area contributed by atoms with Crippen molar-refractivity contribution in [3.8, 4) is 0 Å². The van der Waals surface area contributed by atoms with Crippen LogP contribution in [0.15, 0.2) is 30.3 Å². The number of benzene rings is 1. The van der Waals surface area contributed by atoms with E-state index < -0.39 is 5.54 Å². The van der Waals surface area contributed by atoms with Gasteiger partial charge in [0.1, 0.15) is 5.54 Å². The molecule has 0 fully saturated rings. The van der Waals surface area contributed by atoms with Gasteiger partial charge in [0.15, 0.2) is 0 Å². The number of carbonyl (C=O) groups excluding carboxylic acids is 1. The van der Waals surface area contributed by atoms with Crippen LogP contribution in [0, 0.1) is 0 Å². The van der Waals surface area contributed by atoms with Crippen LogP contribution in [0.2, 0.25) is 0 Å². The molecule has 0 aliphatic heterocycles. The van der Waals surface area contributed by atoms with Crippen LogP contribution < -0.4 is 0 Å². The number of likely N-dealkylation sites (N-methyl/N-ethyl adjacent to an activating group) is 1. The molecule has 0 aromatic heterocycles. The van der Waals surface area contributed by atoms with E-state index in [0.717, 1.165) is 5.56 Å². The number of carbonyl (C=O) groups is 1. The van der Waals surface area contributed by atoms with Gasteiger partial charge in [-0.3, -0.25) is 4.90 Å². The monoisotopic (exact) mass is 207 g/mol. The van der Waals surface area contributed by atoms with Gasteiger partial charge in [-0.2, -0.15) is 0 Å². The lowest BCUT2D eigenvalue weighted by atomic mass is 9.91. The van der Waals surface area contributed by atoms with Gasteiger partial charge in [0.2, 0.25) is 0 Å². The second-order valence-electron chi connectivity index (χ2n) is 3.82. The fourth-order valence-corrected chi connectivity index (χ4v) is 1.52. The lowest BCUT2D eigenvalue weighted by Crippen LogP contribution is -2.46. The molecule has 0 saturated carbocycles. The average molecular weight is 207 g/mol. The summed E-state index contributed by atoms with van der Waals surface area (Å²) in [7, 11) is 5.14. The molecule has 0 aliphatic rings. The third-order valence-corrected chi connectivity index (χ3v) is 2.81. The number of nitrogens with zero attached hydrogens (tertiary/aromatic N) is 1. The lowest BCUT2D eigenvalue weighted by molar-refractivity contribution is -0.153. The third-order valence-electron chi connectivity index (χ3n) is 2.81. The summed E-state index contributed by atoms with van der Waals surface area (Å²) in [5.41, 5.74) is 0.206. The molecule has 0 saturated heterocycles. The van der Waals surface area contributed by atoms with E-state index in [1.54, 1.807) is 0 Å². The van der Waals surface area contributed by atoms with Crippen molar-refractivity contribution in [2.45, 2.75) is 12.5 Å². The minimum atomic E-state index is -0.726. The Balaban J connectivity index is 3.19. The molecule has 0 radical (unpaired) electrons. The second-order valence-corrected chi connectivity index (χ2v) is 3.82.